The third-order valence-electron chi connectivity index (χ3n) is 5.57. The second kappa shape index (κ2) is 6.19. The summed E-state index contributed by atoms with van der Waals surface area (Å²) in [6.07, 6.45) is 3.08. The molecule has 0 bridgehead atoms. The molecule has 1 amide bonds. The molecule has 2 aliphatic heterocycles. The fourth-order valence-electron chi connectivity index (χ4n) is 3.99. The Morgan fingerprint density at radius 3 is 2.48 bits per heavy atom. The van der Waals surface area contributed by atoms with Crippen LogP contribution in [0.25, 0.3) is 0 Å². The van der Waals surface area contributed by atoms with E-state index in [0.717, 1.165) is 63.1 Å². The summed E-state index contributed by atoms with van der Waals surface area (Å²) in [6.45, 7) is 5.45. The van der Waals surface area contributed by atoms with Crippen molar-refractivity contribution >= 4 is 21.8 Å². The quantitative estimate of drug-likeness (QED) is 0.809. The van der Waals surface area contributed by atoms with Crippen molar-refractivity contribution in [3.05, 3.63) is 34.3 Å². The summed E-state index contributed by atoms with van der Waals surface area (Å²) in [5.41, 5.74) is 0.946. The highest BCUT2D eigenvalue weighted by Crippen LogP contribution is 2.50. The van der Waals surface area contributed by atoms with Crippen LogP contribution in [-0.2, 0) is 14.9 Å². The number of amides is 1. The van der Waals surface area contributed by atoms with Crippen LogP contribution < -0.4 is 0 Å². The molecule has 0 radical (unpaired) electrons. The maximum atomic E-state index is 13.1. The third kappa shape index (κ3) is 2.94. The predicted molar refractivity (Wildman–Crippen MR) is 92.4 cm³/mol. The first-order valence-corrected chi connectivity index (χ1v) is 9.36. The fourth-order valence-corrected chi connectivity index (χ4v) is 4.25. The molecule has 3 fully saturated rings. The van der Waals surface area contributed by atoms with Crippen molar-refractivity contribution in [3.63, 3.8) is 0 Å². The number of hydrogen-bond donors (Lipinski definition) is 0. The molecule has 0 spiro atoms. The molecule has 5 heteroatoms. The standard InChI is InChI=1S/C18H23BrN2O2/c19-15-3-1-14(2-4-15)18(6-7-18)17(22)21-8-5-16(13-21)20-9-11-23-12-10-20/h1-4,16H,5-13H2/t16-/m1/s1. The summed E-state index contributed by atoms with van der Waals surface area (Å²) < 4.78 is 6.51. The average Bonchev–Trinajstić information content (AvgIpc) is 3.25. The van der Waals surface area contributed by atoms with Crippen LogP contribution in [0.15, 0.2) is 28.7 Å². The molecular weight excluding hydrogens is 356 g/mol. The van der Waals surface area contributed by atoms with Gasteiger partial charge < -0.3 is 9.64 Å². The highest BCUT2D eigenvalue weighted by molar-refractivity contribution is 9.10. The molecule has 2 heterocycles. The summed E-state index contributed by atoms with van der Waals surface area (Å²) >= 11 is 3.48. The lowest BCUT2D eigenvalue weighted by atomic mass is 9.94. The second-order valence-corrected chi connectivity index (χ2v) is 7.85. The minimum absolute atomic E-state index is 0.236. The van der Waals surface area contributed by atoms with Crippen LogP contribution >= 0.6 is 15.9 Å². The normalized spacial score (nSPS) is 27.2. The zero-order valence-corrected chi connectivity index (χ0v) is 14.9. The highest BCUT2D eigenvalue weighted by Gasteiger charge is 2.53. The van der Waals surface area contributed by atoms with E-state index in [1.165, 1.54) is 5.56 Å². The number of ether oxygens (including phenoxy) is 1. The Labute approximate surface area is 145 Å². The summed E-state index contributed by atoms with van der Waals surface area (Å²) in [4.78, 5) is 17.7. The van der Waals surface area contributed by atoms with Crippen molar-refractivity contribution in [2.24, 2.45) is 0 Å². The molecule has 1 aromatic rings. The Kier molecular flexibility index (Phi) is 4.20. The summed E-state index contributed by atoms with van der Waals surface area (Å²) in [5, 5.41) is 0. The molecule has 0 N–H and O–H groups in total. The Morgan fingerprint density at radius 1 is 1.13 bits per heavy atom. The number of hydrogen-bond acceptors (Lipinski definition) is 3. The first kappa shape index (κ1) is 15.6. The number of benzene rings is 1. The van der Waals surface area contributed by atoms with E-state index < -0.39 is 0 Å². The molecule has 1 saturated carbocycles. The molecule has 0 aromatic heterocycles. The van der Waals surface area contributed by atoms with Gasteiger partial charge in [0.05, 0.1) is 18.6 Å². The SMILES string of the molecule is O=C(N1CC[C@@H](N2CCOCC2)C1)C1(c2ccc(Br)cc2)CC1. The number of rotatable bonds is 3. The minimum Gasteiger partial charge on any atom is -0.379 e. The van der Waals surface area contributed by atoms with Crippen molar-refractivity contribution in [1.82, 2.24) is 9.80 Å². The van der Waals surface area contributed by atoms with Gasteiger partial charge in [0, 0.05) is 36.7 Å². The zero-order chi connectivity index (χ0) is 15.9. The zero-order valence-electron chi connectivity index (χ0n) is 13.3. The third-order valence-corrected chi connectivity index (χ3v) is 6.10. The van der Waals surface area contributed by atoms with Crippen LogP contribution in [0.3, 0.4) is 0 Å². The lowest BCUT2D eigenvalue weighted by Crippen LogP contribution is -2.46. The van der Waals surface area contributed by atoms with Crippen molar-refractivity contribution in [3.8, 4) is 0 Å². The summed E-state index contributed by atoms with van der Waals surface area (Å²) in [5.74, 6) is 0.343. The fraction of sp³-hybridized carbons (Fsp3) is 0.611. The Bertz CT molecular complexity index is 579. The van der Waals surface area contributed by atoms with Gasteiger partial charge in [-0.25, -0.2) is 0 Å². The van der Waals surface area contributed by atoms with E-state index in [9.17, 15) is 4.79 Å². The van der Waals surface area contributed by atoms with E-state index in [1.807, 2.05) is 12.1 Å². The second-order valence-electron chi connectivity index (χ2n) is 6.93. The topological polar surface area (TPSA) is 32.8 Å². The minimum atomic E-state index is -0.236. The van der Waals surface area contributed by atoms with Crippen molar-refractivity contribution < 1.29 is 9.53 Å². The van der Waals surface area contributed by atoms with Crippen molar-refractivity contribution in [2.45, 2.75) is 30.7 Å². The Morgan fingerprint density at radius 2 is 1.83 bits per heavy atom. The average molecular weight is 379 g/mol. The molecule has 124 valence electrons. The molecule has 2 saturated heterocycles. The summed E-state index contributed by atoms with van der Waals surface area (Å²) in [6, 6.07) is 8.81. The van der Waals surface area contributed by atoms with Crippen molar-refractivity contribution in [2.75, 3.05) is 39.4 Å². The number of likely N-dealkylation sites (tertiary alicyclic amines) is 1. The maximum absolute atomic E-state index is 13.1. The maximum Gasteiger partial charge on any atom is 0.233 e. The van der Waals surface area contributed by atoms with Gasteiger partial charge in [0.2, 0.25) is 5.91 Å². The van der Waals surface area contributed by atoms with Gasteiger partial charge in [0.15, 0.2) is 0 Å². The molecule has 1 aromatic carbocycles. The molecule has 0 unspecified atom stereocenters. The molecular formula is C18H23BrN2O2. The molecule has 23 heavy (non-hydrogen) atoms. The van der Waals surface area contributed by atoms with Crippen LogP contribution in [0.4, 0.5) is 0 Å². The van der Waals surface area contributed by atoms with E-state index in [2.05, 4.69) is 37.9 Å². The number of carbonyl (C=O) groups is 1. The number of halogens is 1. The summed E-state index contributed by atoms with van der Waals surface area (Å²) in [7, 11) is 0. The van der Waals surface area contributed by atoms with Gasteiger partial charge in [0.25, 0.3) is 0 Å². The van der Waals surface area contributed by atoms with Crippen LogP contribution in [-0.4, -0.2) is 61.1 Å². The Hall–Kier alpha value is -0.910. The van der Waals surface area contributed by atoms with Gasteiger partial charge in [-0.05, 0) is 37.0 Å². The van der Waals surface area contributed by atoms with Crippen LogP contribution in [0.2, 0.25) is 0 Å². The van der Waals surface area contributed by atoms with E-state index >= 15 is 0 Å². The van der Waals surface area contributed by atoms with Gasteiger partial charge in [-0.1, -0.05) is 28.1 Å². The Balaban J connectivity index is 1.44. The molecule has 4 nitrogen and oxygen atoms in total. The lowest BCUT2D eigenvalue weighted by molar-refractivity contribution is -0.133. The predicted octanol–water partition coefficient (Wildman–Crippen LogP) is 2.41. The van der Waals surface area contributed by atoms with Gasteiger partial charge in [0.1, 0.15) is 0 Å². The van der Waals surface area contributed by atoms with E-state index in [-0.39, 0.29) is 5.41 Å². The molecule has 1 aliphatic carbocycles. The van der Waals surface area contributed by atoms with E-state index in [0.29, 0.717) is 11.9 Å². The van der Waals surface area contributed by atoms with Gasteiger partial charge >= 0.3 is 0 Å². The first-order valence-electron chi connectivity index (χ1n) is 8.56. The molecule has 3 aliphatic rings. The number of carbonyl (C=O) groups excluding carboxylic acids is 1. The monoisotopic (exact) mass is 378 g/mol. The van der Waals surface area contributed by atoms with Crippen LogP contribution in [0.5, 0.6) is 0 Å². The van der Waals surface area contributed by atoms with Gasteiger partial charge in [-0.15, -0.1) is 0 Å². The first-order chi connectivity index (χ1) is 11.2. The highest BCUT2D eigenvalue weighted by atomic mass is 79.9. The van der Waals surface area contributed by atoms with Crippen molar-refractivity contribution in [1.29, 1.82) is 0 Å². The molecule has 1 atom stereocenters. The van der Waals surface area contributed by atoms with Gasteiger partial charge in [-0.3, -0.25) is 9.69 Å². The van der Waals surface area contributed by atoms with Crippen LogP contribution in [0, 0.1) is 0 Å². The smallest absolute Gasteiger partial charge is 0.233 e. The van der Waals surface area contributed by atoms with Gasteiger partial charge in [-0.2, -0.15) is 0 Å². The van der Waals surface area contributed by atoms with Crippen LogP contribution in [0.1, 0.15) is 24.8 Å². The van der Waals surface area contributed by atoms with E-state index in [4.69, 9.17) is 4.74 Å². The van der Waals surface area contributed by atoms with E-state index in [1.54, 1.807) is 0 Å². The lowest BCUT2D eigenvalue weighted by Gasteiger charge is -2.32. The number of morpholine rings is 1. The number of nitrogens with zero attached hydrogens (tertiary/aromatic N) is 2. The molecule has 4 rings (SSSR count). The largest absolute Gasteiger partial charge is 0.379 e.